The molecule has 0 saturated carbocycles. The van der Waals surface area contributed by atoms with E-state index in [-0.39, 0.29) is 0 Å². The van der Waals surface area contributed by atoms with Gasteiger partial charge in [0.1, 0.15) is 0 Å². The molecule has 0 fully saturated rings. The van der Waals surface area contributed by atoms with Gasteiger partial charge >= 0.3 is 0 Å². The Hall–Kier alpha value is -1.47. The van der Waals surface area contributed by atoms with Crippen LogP contribution in [0.1, 0.15) is 19.2 Å². The van der Waals surface area contributed by atoms with E-state index in [1.54, 1.807) is 11.3 Å². The summed E-state index contributed by atoms with van der Waals surface area (Å²) in [6.07, 6.45) is 1.01. The number of nitrogens with one attached hydrogen (secondary N) is 1. The summed E-state index contributed by atoms with van der Waals surface area (Å²) < 4.78 is 5.66. The van der Waals surface area contributed by atoms with E-state index in [1.165, 1.54) is 0 Å². The third kappa shape index (κ3) is 3.51. The van der Waals surface area contributed by atoms with Crippen molar-refractivity contribution in [2.24, 2.45) is 0 Å². The van der Waals surface area contributed by atoms with Gasteiger partial charge in [-0.15, -0.1) is 21.5 Å². The van der Waals surface area contributed by atoms with Gasteiger partial charge in [-0.25, -0.2) is 0 Å². The lowest BCUT2D eigenvalue weighted by Crippen LogP contribution is -2.37. The zero-order valence-corrected chi connectivity index (χ0v) is 12.6. The van der Waals surface area contributed by atoms with Crippen molar-refractivity contribution in [1.82, 2.24) is 20.4 Å². The molecular formula is C12H16N4OS2. The highest BCUT2D eigenvalue weighted by Gasteiger charge is 2.14. The van der Waals surface area contributed by atoms with Gasteiger partial charge in [-0.1, -0.05) is 13.0 Å². The molecule has 5 nitrogen and oxygen atoms in total. The normalized spacial score (nSPS) is 10.4. The molecule has 0 bridgehead atoms. The number of thiophene rings is 1. The van der Waals surface area contributed by atoms with Crippen molar-refractivity contribution < 1.29 is 4.42 Å². The smallest absolute Gasteiger partial charge is 0.257 e. The number of thiocarbonyl (C=S) groups is 1. The summed E-state index contributed by atoms with van der Waals surface area (Å²) in [6, 6.07) is 3.92. The van der Waals surface area contributed by atoms with Crippen molar-refractivity contribution in [2.45, 2.75) is 19.9 Å². The standard InChI is InChI=1S/C12H16N4OS2/c1-3-6-16(12(18)13-2)8-10-14-15-11(17-10)9-5-4-7-19-9/h4-5,7H,3,6,8H2,1-2H3,(H,13,18). The Balaban J connectivity index is 2.07. The van der Waals surface area contributed by atoms with Gasteiger partial charge in [0.25, 0.3) is 5.89 Å². The highest BCUT2D eigenvalue weighted by Crippen LogP contribution is 2.23. The van der Waals surface area contributed by atoms with Gasteiger partial charge in [0.15, 0.2) is 5.11 Å². The Bertz CT molecular complexity index is 524. The van der Waals surface area contributed by atoms with E-state index in [1.807, 2.05) is 29.5 Å². The van der Waals surface area contributed by atoms with Gasteiger partial charge in [-0.05, 0) is 30.1 Å². The maximum Gasteiger partial charge on any atom is 0.257 e. The molecule has 0 radical (unpaired) electrons. The molecule has 0 aliphatic heterocycles. The van der Waals surface area contributed by atoms with Crippen LogP contribution in [-0.4, -0.2) is 33.8 Å². The minimum atomic E-state index is 0.534. The SMILES string of the molecule is CCCN(Cc1nnc(-c2cccs2)o1)C(=S)NC. The second-order valence-corrected chi connectivity index (χ2v) is 5.29. The van der Waals surface area contributed by atoms with Crippen molar-refractivity contribution in [1.29, 1.82) is 0 Å². The predicted molar refractivity (Wildman–Crippen MR) is 80.0 cm³/mol. The first-order chi connectivity index (χ1) is 9.24. The summed E-state index contributed by atoms with van der Waals surface area (Å²) in [5.74, 6) is 1.14. The van der Waals surface area contributed by atoms with Crippen LogP contribution in [0.15, 0.2) is 21.9 Å². The molecule has 102 valence electrons. The molecule has 2 rings (SSSR count). The van der Waals surface area contributed by atoms with E-state index < -0.39 is 0 Å². The fourth-order valence-corrected chi connectivity index (χ4v) is 2.46. The van der Waals surface area contributed by atoms with E-state index in [9.17, 15) is 0 Å². The van der Waals surface area contributed by atoms with Gasteiger partial charge in [0, 0.05) is 13.6 Å². The zero-order chi connectivity index (χ0) is 13.7. The fourth-order valence-electron chi connectivity index (χ4n) is 1.66. The van der Waals surface area contributed by atoms with E-state index >= 15 is 0 Å². The maximum absolute atomic E-state index is 5.66. The molecule has 19 heavy (non-hydrogen) atoms. The van der Waals surface area contributed by atoms with Gasteiger partial charge in [0.05, 0.1) is 11.4 Å². The van der Waals surface area contributed by atoms with Crippen LogP contribution < -0.4 is 5.32 Å². The second-order valence-electron chi connectivity index (χ2n) is 3.95. The van der Waals surface area contributed by atoms with Crippen LogP contribution in [0.3, 0.4) is 0 Å². The van der Waals surface area contributed by atoms with Gasteiger partial charge in [-0.3, -0.25) is 0 Å². The summed E-state index contributed by atoms with van der Waals surface area (Å²) >= 11 is 6.84. The van der Waals surface area contributed by atoms with E-state index in [4.69, 9.17) is 16.6 Å². The number of aromatic nitrogens is 2. The Kier molecular flexibility index (Phi) is 4.86. The van der Waals surface area contributed by atoms with Crippen molar-refractivity contribution in [3.8, 4) is 10.8 Å². The van der Waals surface area contributed by atoms with Crippen molar-refractivity contribution in [3.63, 3.8) is 0 Å². The summed E-state index contributed by atoms with van der Waals surface area (Å²) in [5, 5.41) is 13.8. The molecule has 0 atom stereocenters. The third-order valence-corrected chi connectivity index (χ3v) is 3.84. The number of hydrogen-bond acceptors (Lipinski definition) is 5. The molecule has 0 amide bonds. The summed E-state index contributed by atoms with van der Waals surface area (Å²) in [7, 11) is 1.82. The second kappa shape index (κ2) is 6.63. The summed E-state index contributed by atoms with van der Waals surface area (Å²) in [5.41, 5.74) is 0. The third-order valence-electron chi connectivity index (χ3n) is 2.52. The number of hydrogen-bond donors (Lipinski definition) is 1. The molecule has 2 aromatic heterocycles. The van der Waals surface area contributed by atoms with E-state index in [0.717, 1.165) is 17.8 Å². The molecule has 1 N–H and O–H groups in total. The Morgan fingerprint density at radius 3 is 3.00 bits per heavy atom. The molecular weight excluding hydrogens is 280 g/mol. The fraction of sp³-hybridized carbons (Fsp3) is 0.417. The number of rotatable bonds is 5. The lowest BCUT2D eigenvalue weighted by molar-refractivity contribution is 0.353. The largest absolute Gasteiger partial charge is 0.418 e. The Labute approximate surface area is 121 Å². The van der Waals surface area contributed by atoms with E-state index in [2.05, 4.69) is 22.4 Å². The molecule has 0 spiro atoms. The first-order valence-corrected chi connectivity index (χ1v) is 7.36. The molecule has 0 unspecified atom stereocenters. The lowest BCUT2D eigenvalue weighted by atomic mass is 10.4. The Morgan fingerprint density at radius 2 is 2.37 bits per heavy atom. The van der Waals surface area contributed by atoms with Gasteiger partial charge in [-0.2, -0.15) is 0 Å². The minimum Gasteiger partial charge on any atom is -0.418 e. The van der Waals surface area contributed by atoms with Crippen molar-refractivity contribution in [2.75, 3.05) is 13.6 Å². The van der Waals surface area contributed by atoms with Gasteiger partial charge < -0.3 is 14.6 Å². The van der Waals surface area contributed by atoms with E-state index in [0.29, 0.717) is 23.4 Å². The first-order valence-electron chi connectivity index (χ1n) is 6.07. The first kappa shape index (κ1) is 14.0. The molecule has 0 saturated heterocycles. The molecule has 2 heterocycles. The van der Waals surface area contributed by atoms with Gasteiger partial charge in [0.2, 0.25) is 5.89 Å². The van der Waals surface area contributed by atoms with Crippen LogP contribution in [-0.2, 0) is 6.54 Å². The van der Waals surface area contributed by atoms with Crippen LogP contribution in [0.4, 0.5) is 0 Å². The molecule has 0 aliphatic carbocycles. The molecule has 0 aromatic carbocycles. The highest BCUT2D eigenvalue weighted by molar-refractivity contribution is 7.80. The summed E-state index contributed by atoms with van der Waals surface area (Å²) in [4.78, 5) is 3.00. The van der Waals surface area contributed by atoms with Crippen LogP contribution in [0, 0.1) is 0 Å². The maximum atomic E-state index is 5.66. The van der Waals surface area contributed by atoms with Crippen molar-refractivity contribution >= 4 is 28.7 Å². The van der Waals surface area contributed by atoms with Crippen LogP contribution in [0.2, 0.25) is 0 Å². The highest BCUT2D eigenvalue weighted by atomic mass is 32.1. The minimum absolute atomic E-state index is 0.534. The van der Waals surface area contributed by atoms with Crippen molar-refractivity contribution in [3.05, 3.63) is 23.4 Å². The Morgan fingerprint density at radius 1 is 1.53 bits per heavy atom. The molecule has 2 aromatic rings. The average molecular weight is 296 g/mol. The van der Waals surface area contributed by atoms with Crippen LogP contribution >= 0.6 is 23.6 Å². The lowest BCUT2D eigenvalue weighted by Gasteiger charge is -2.22. The quantitative estimate of drug-likeness (QED) is 0.856. The predicted octanol–water partition coefficient (Wildman–Crippen LogP) is 2.51. The topological polar surface area (TPSA) is 54.2 Å². The zero-order valence-electron chi connectivity index (χ0n) is 10.9. The van der Waals surface area contributed by atoms with Crippen LogP contribution in [0.25, 0.3) is 10.8 Å². The monoisotopic (exact) mass is 296 g/mol. The average Bonchev–Trinajstić information content (AvgIpc) is 3.07. The van der Waals surface area contributed by atoms with Crippen LogP contribution in [0.5, 0.6) is 0 Å². The molecule has 7 heteroatoms. The molecule has 0 aliphatic rings. The number of nitrogens with zero attached hydrogens (tertiary/aromatic N) is 3. The summed E-state index contributed by atoms with van der Waals surface area (Å²) in [6.45, 7) is 3.50.